The van der Waals surface area contributed by atoms with Crippen LogP contribution < -0.4 is 4.90 Å². The van der Waals surface area contributed by atoms with Crippen molar-refractivity contribution in [3.63, 3.8) is 0 Å². The van der Waals surface area contributed by atoms with Crippen molar-refractivity contribution in [1.29, 1.82) is 0 Å². The van der Waals surface area contributed by atoms with Gasteiger partial charge < -0.3 is 4.90 Å². The Morgan fingerprint density at radius 3 is 1.39 bits per heavy atom. The number of fused-ring (bicyclic) bond motifs is 6. The monoisotopic (exact) mass is 697 g/mol. The van der Waals surface area contributed by atoms with Gasteiger partial charge in [0.25, 0.3) is 0 Å². The van der Waals surface area contributed by atoms with Gasteiger partial charge in [0.1, 0.15) is 0 Å². The molecule has 2 aliphatic carbocycles. The third kappa shape index (κ3) is 5.06. The average Bonchev–Trinajstić information content (AvgIpc) is 3.51. The summed E-state index contributed by atoms with van der Waals surface area (Å²) in [6, 6.07) is 54.8. The molecule has 0 saturated carbocycles. The first-order valence-electron chi connectivity index (χ1n) is 17.6. The minimum absolute atomic E-state index is 0.217. The zero-order valence-corrected chi connectivity index (χ0v) is 30.6. The summed E-state index contributed by atoms with van der Waals surface area (Å²) in [5, 5.41) is 1.40. The molecule has 248 valence electrons. The maximum atomic E-state index is 6.85. The molecule has 0 amide bonds. The van der Waals surface area contributed by atoms with Gasteiger partial charge in [0, 0.05) is 37.9 Å². The second kappa shape index (κ2) is 11.7. The van der Waals surface area contributed by atoms with Crippen LogP contribution in [0, 0.1) is 0 Å². The van der Waals surface area contributed by atoms with Crippen LogP contribution in [-0.2, 0) is 10.8 Å². The summed E-state index contributed by atoms with van der Waals surface area (Å²) >= 11 is 13.4. The standard InChI is InChI=1S/C48H37Cl2N/c1-47(2)42-27-37(23-24-38(42)39-28-44-40(29-43(39)47)41-25-34(49)26-45(50)46(41)48(44,3)4)51(35-19-15-32(16-20-35)30-11-7-5-8-12-30)36-21-17-33(18-22-36)31-13-9-6-10-14-31/h5-29H,1-4H3. The molecule has 0 atom stereocenters. The van der Waals surface area contributed by atoms with Crippen molar-refractivity contribution >= 4 is 40.3 Å². The van der Waals surface area contributed by atoms with Gasteiger partial charge in [-0.2, -0.15) is 0 Å². The van der Waals surface area contributed by atoms with Gasteiger partial charge in [-0.25, -0.2) is 0 Å². The number of halogens is 2. The highest BCUT2D eigenvalue weighted by Crippen LogP contribution is 2.58. The van der Waals surface area contributed by atoms with Crippen molar-refractivity contribution < 1.29 is 0 Å². The van der Waals surface area contributed by atoms with E-state index in [0.717, 1.165) is 33.2 Å². The van der Waals surface area contributed by atoms with Gasteiger partial charge >= 0.3 is 0 Å². The van der Waals surface area contributed by atoms with Crippen molar-refractivity contribution in [2.75, 3.05) is 4.90 Å². The van der Waals surface area contributed by atoms with Crippen LogP contribution in [0.15, 0.2) is 152 Å². The summed E-state index contributed by atoms with van der Waals surface area (Å²) in [6.07, 6.45) is 0. The maximum Gasteiger partial charge on any atom is 0.0467 e. The first-order valence-corrected chi connectivity index (χ1v) is 18.3. The number of anilines is 3. The van der Waals surface area contributed by atoms with E-state index >= 15 is 0 Å². The van der Waals surface area contributed by atoms with Crippen LogP contribution in [0.4, 0.5) is 17.1 Å². The Balaban J connectivity index is 1.17. The number of nitrogens with zero attached hydrogens (tertiary/aromatic N) is 1. The van der Waals surface area contributed by atoms with Gasteiger partial charge in [0.05, 0.1) is 0 Å². The SMILES string of the molecule is CC1(C)c2cc(N(c3ccc(-c4ccccc4)cc3)c3ccc(-c4ccccc4)cc3)ccc2-c2cc3c(cc21)-c1cc(Cl)cc(Cl)c1C3(C)C. The lowest BCUT2D eigenvalue weighted by molar-refractivity contribution is 0.652. The second-order valence-corrected chi connectivity index (χ2v) is 15.7. The zero-order chi connectivity index (χ0) is 35.1. The predicted molar refractivity (Wildman–Crippen MR) is 217 cm³/mol. The van der Waals surface area contributed by atoms with Gasteiger partial charge in [-0.1, -0.05) is 142 Å². The van der Waals surface area contributed by atoms with E-state index in [0.29, 0.717) is 5.02 Å². The molecule has 0 unspecified atom stereocenters. The molecule has 2 aliphatic rings. The van der Waals surface area contributed by atoms with E-state index in [4.69, 9.17) is 23.2 Å². The van der Waals surface area contributed by atoms with Crippen molar-refractivity contribution in [2.24, 2.45) is 0 Å². The predicted octanol–water partition coefficient (Wildman–Crippen LogP) is 14.4. The molecule has 0 bridgehead atoms. The van der Waals surface area contributed by atoms with Crippen LogP contribution in [-0.4, -0.2) is 0 Å². The molecule has 7 aromatic carbocycles. The third-order valence-corrected chi connectivity index (χ3v) is 11.7. The van der Waals surface area contributed by atoms with Gasteiger partial charge in [-0.15, -0.1) is 0 Å². The Kier molecular flexibility index (Phi) is 7.33. The van der Waals surface area contributed by atoms with Crippen LogP contribution in [0.1, 0.15) is 49.9 Å². The van der Waals surface area contributed by atoms with E-state index < -0.39 is 0 Å². The summed E-state index contributed by atoms with van der Waals surface area (Å²) in [6.45, 7) is 9.26. The van der Waals surface area contributed by atoms with Gasteiger partial charge in [0.2, 0.25) is 0 Å². The molecule has 51 heavy (non-hydrogen) atoms. The first-order chi connectivity index (χ1) is 24.6. The fourth-order valence-electron chi connectivity index (χ4n) is 8.52. The molecular weight excluding hydrogens is 661 g/mol. The molecule has 7 aromatic rings. The van der Waals surface area contributed by atoms with E-state index in [9.17, 15) is 0 Å². The summed E-state index contributed by atoms with van der Waals surface area (Å²) in [5.41, 5.74) is 17.8. The van der Waals surface area contributed by atoms with Gasteiger partial charge in [-0.05, 0) is 127 Å². The Morgan fingerprint density at radius 1 is 0.392 bits per heavy atom. The van der Waals surface area contributed by atoms with E-state index in [1.54, 1.807) is 0 Å². The van der Waals surface area contributed by atoms with Crippen molar-refractivity contribution in [2.45, 2.75) is 38.5 Å². The van der Waals surface area contributed by atoms with E-state index in [1.807, 2.05) is 6.07 Å². The van der Waals surface area contributed by atoms with Crippen molar-refractivity contribution in [3.8, 4) is 44.5 Å². The average molecular weight is 699 g/mol. The minimum atomic E-state index is -0.233. The van der Waals surface area contributed by atoms with Crippen LogP contribution in [0.25, 0.3) is 44.5 Å². The molecule has 3 heteroatoms. The Hall–Kier alpha value is -5.08. The first kappa shape index (κ1) is 31.9. The summed E-state index contributed by atoms with van der Waals surface area (Å²) < 4.78 is 0. The molecule has 0 spiro atoms. The highest BCUT2D eigenvalue weighted by atomic mass is 35.5. The molecule has 0 aliphatic heterocycles. The molecule has 0 aromatic heterocycles. The topological polar surface area (TPSA) is 3.24 Å². The number of hydrogen-bond donors (Lipinski definition) is 0. The zero-order valence-electron chi connectivity index (χ0n) is 29.1. The second-order valence-electron chi connectivity index (χ2n) is 14.9. The van der Waals surface area contributed by atoms with Crippen LogP contribution in [0.5, 0.6) is 0 Å². The molecular formula is C48H37Cl2N. The lowest BCUT2D eigenvalue weighted by atomic mass is 9.79. The Bertz CT molecular complexity index is 2380. The molecule has 0 heterocycles. The van der Waals surface area contributed by atoms with Crippen LogP contribution in [0.3, 0.4) is 0 Å². The molecule has 1 nitrogen and oxygen atoms in total. The van der Waals surface area contributed by atoms with E-state index in [-0.39, 0.29) is 10.8 Å². The molecule has 0 N–H and O–H groups in total. The fourth-order valence-corrected chi connectivity index (χ4v) is 9.25. The highest BCUT2D eigenvalue weighted by molar-refractivity contribution is 6.36. The Labute approximate surface area is 310 Å². The normalized spacial score (nSPS) is 14.4. The van der Waals surface area contributed by atoms with Gasteiger partial charge in [0.15, 0.2) is 0 Å². The minimum Gasteiger partial charge on any atom is -0.310 e. The number of benzene rings is 7. The molecule has 0 saturated heterocycles. The largest absolute Gasteiger partial charge is 0.310 e. The third-order valence-electron chi connectivity index (χ3n) is 11.2. The number of rotatable bonds is 5. The molecule has 9 rings (SSSR count). The Morgan fingerprint density at radius 2 is 0.843 bits per heavy atom. The lowest BCUT2D eigenvalue weighted by Gasteiger charge is -2.28. The number of hydrogen-bond acceptors (Lipinski definition) is 1. The van der Waals surface area contributed by atoms with E-state index in [2.05, 4.69) is 178 Å². The van der Waals surface area contributed by atoms with Crippen molar-refractivity contribution in [1.82, 2.24) is 0 Å². The van der Waals surface area contributed by atoms with Crippen molar-refractivity contribution in [3.05, 3.63) is 184 Å². The quantitative estimate of drug-likeness (QED) is 0.173. The summed E-state index contributed by atoms with van der Waals surface area (Å²) in [7, 11) is 0. The maximum absolute atomic E-state index is 6.85. The van der Waals surface area contributed by atoms with Gasteiger partial charge in [-0.3, -0.25) is 0 Å². The smallest absolute Gasteiger partial charge is 0.0467 e. The highest BCUT2D eigenvalue weighted by Gasteiger charge is 2.43. The summed E-state index contributed by atoms with van der Waals surface area (Å²) in [4.78, 5) is 2.38. The molecule has 0 radical (unpaired) electrons. The van der Waals surface area contributed by atoms with Crippen LogP contribution >= 0.6 is 23.2 Å². The summed E-state index contributed by atoms with van der Waals surface area (Å²) in [5.74, 6) is 0. The van der Waals surface area contributed by atoms with E-state index in [1.165, 1.54) is 55.6 Å². The fraction of sp³-hybridized carbons (Fsp3) is 0.125. The van der Waals surface area contributed by atoms with Crippen LogP contribution in [0.2, 0.25) is 10.0 Å². The molecule has 0 fully saturated rings. The lowest BCUT2D eigenvalue weighted by Crippen LogP contribution is -2.17.